The van der Waals surface area contributed by atoms with E-state index in [-0.39, 0.29) is 12.2 Å². The Kier molecular flexibility index (Phi) is 5.05. The molecule has 1 aromatic carbocycles. The van der Waals surface area contributed by atoms with E-state index in [4.69, 9.17) is 25.4 Å². The predicted molar refractivity (Wildman–Crippen MR) is 75.1 cm³/mol. The van der Waals surface area contributed by atoms with Crippen molar-refractivity contribution in [1.82, 2.24) is 0 Å². The van der Waals surface area contributed by atoms with Crippen LogP contribution in [0.25, 0.3) is 0 Å². The van der Waals surface area contributed by atoms with Crippen LogP contribution in [0.15, 0.2) is 36.9 Å². The van der Waals surface area contributed by atoms with Crippen molar-refractivity contribution < 1.29 is 18.9 Å². The molecule has 0 unspecified atom stereocenters. The number of methoxy groups -OCH3 is 1. The van der Waals surface area contributed by atoms with Crippen LogP contribution in [0, 0.1) is 12.5 Å². The highest BCUT2D eigenvalue weighted by Gasteiger charge is 2.33. The highest BCUT2D eigenvalue weighted by Crippen LogP contribution is 2.30. The summed E-state index contributed by atoms with van der Waals surface area (Å²) in [4.78, 5) is 0. The fraction of sp³-hybridized carbons (Fsp3) is 0.375. The van der Waals surface area contributed by atoms with Gasteiger partial charge in [-0.3, -0.25) is 0 Å². The van der Waals surface area contributed by atoms with Crippen molar-refractivity contribution in [1.29, 1.82) is 0 Å². The largest absolute Gasteiger partial charge is 0.497 e. The SMILES string of the molecule is C#CO[C@H]1CO[C@H](c2ccc(OC)cc2)O[C@@H]1CC=C. The maximum atomic E-state index is 5.90. The monoisotopic (exact) mass is 274 g/mol. The number of benzene rings is 1. The van der Waals surface area contributed by atoms with Crippen molar-refractivity contribution in [2.45, 2.75) is 24.9 Å². The number of terminal acetylenes is 1. The maximum absolute atomic E-state index is 5.90. The maximum Gasteiger partial charge on any atom is 0.184 e. The van der Waals surface area contributed by atoms with Gasteiger partial charge in [0.15, 0.2) is 12.4 Å². The van der Waals surface area contributed by atoms with Crippen LogP contribution < -0.4 is 4.74 Å². The van der Waals surface area contributed by atoms with Crippen LogP contribution in [-0.4, -0.2) is 25.9 Å². The number of hydrogen-bond donors (Lipinski definition) is 0. The van der Waals surface area contributed by atoms with Crippen molar-refractivity contribution in [3.8, 4) is 18.3 Å². The third-order valence-corrected chi connectivity index (χ3v) is 3.13. The van der Waals surface area contributed by atoms with Crippen LogP contribution in [0.5, 0.6) is 5.75 Å². The molecule has 1 fully saturated rings. The smallest absolute Gasteiger partial charge is 0.184 e. The molecule has 0 radical (unpaired) electrons. The van der Waals surface area contributed by atoms with Gasteiger partial charge < -0.3 is 18.9 Å². The van der Waals surface area contributed by atoms with Gasteiger partial charge in [-0.25, -0.2) is 0 Å². The van der Waals surface area contributed by atoms with E-state index in [1.165, 1.54) is 0 Å². The summed E-state index contributed by atoms with van der Waals surface area (Å²) in [6.45, 7) is 4.11. The van der Waals surface area contributed by atoms with Gasteiger partial charge in [0.25, 0.3) is 0 Å². The Hall–Kier alpha value is -1.96. The van der Waals surface area contributed by atoms with E-state index in [9.17, 15) is 0 Å². The third kappa shape index (κ3) is 3.32. The molecule has 3 atom stereocenters. The molecule has 0 aromatic heterocycles. The predicted octanol–water partition coefficient (Wildman–Crippen LogP) is 2.66. The summed E-state index contributed by atoms with van der Waals surface area (Å²) in [5.74, 6) is 0.792. The molecule has 0 spiro atoms. The number of hydrogen-bond acceptors (Lipinski definition) is 4. The van der Waals surface area contributed by atoms with Gasteiger partial charge in [0.1, 0.15) is 18.0 Å². The molecule has 0 amide bonds. The minimum absolute atomic E-state index is 0.163. The molecule has 4 heteroatoms. The molecule has 2 rings (SSSR count). The summed E-state index contributed by atoms with van der Waals surface area (Å²) in [5.41, 5.74) is 0.930. The van der Waals surface area contributed by atoms with E-state index >= 15 is 0 Å². The summed E-state index contributed by atoms with van der Waals surface area (Å²) >= 11 is 0. The molecule has 0 N–H and O–H groups in total. The average Bonchev–Trinajstić information content (AvgIpc) is 2.50. The summed E-state index contributed by atoms with van der Waals surface area (Å²) < 4.78 is 21.9. The molecule has 4 nitrogen and oxygen atoms in total. The van der Waals surface area contributed by atoms with E-state index in [1.54, 1.807) is 13.2 Å². The van der Waals surface area contributed by atoms with Crippen molar-refractivity contribution >= 4 is 0 Å². The summed E-state index contributed by atoms with van der Waals surface area (Å²) in [6, 6.07) is 7.57. The van der Waals surface area contributed by atoms with Crippen LogP contribution in [0.1, 0.15) is 18.3 Å². The van der Waals surface area contributed by atoms with Gasteiger partial charge in [-0.15, -0.1) is 6.58 Å². The van der Waals surface area contributed by atoms with Gasteiger partial charge in [-0.2, -0.15) is 0 Å². The zero-order chi connectivity index (χ0) is 14.4. The minimum atomic E-state index is -0.427. The first kappa shape index (κ1) is 14.4. The molecule has 1 saturated heterocycles. The zero-order valence-corrected chi connectivity index (χ0v) is 11.5. The second-order valence-corrected chi connectivity index (χ2v) is 4.41. The first-order valence-electron chi connectivity index (χ1n) is 6.41. The van der Waals surface area contributed by atoms with Gasteiger partial charge in [0.2, 0.25) is 0 Å². The van der Waals surface area contributed by atoms with Crippen molar-refractivity contribution in [2.75, 3.05) is 13.7 Å². The van der Waals surface area contributed by atoms with Gasteiger partial charge in [-0.05, 0) is 18.6 Å². The second kappa shape index (κ2) is 6.99. The van der Waals surface area contributed by atoms with Crippen LogP contribution in [0.2, 0.25) is 0 Å². The molecule has 0 bridgehead atoms. The fourth-order valence-electron chi connectivity index (χ4n) is 2.08. The van der Waals surface area contributed by atoms with Crippen molar-refractivity contribution in [3.63, 3.8) is 0 Å². The van der Waals surface area contributed by atoms with Gasteiger partial charge in [-0.1, -0.05) is 24.6 Å². The van der Waals surface area contributed by atoms with Crippen molar-refractivity contribution in [2.24, 2.45) is 0 Å². The Morgan fingerprint density at radius 2 is 2.20 bits per heavy atom. The summed E-state index contributed by atoms with van der Waals surface area (Å²) in [5, 5.41) is 0. The molecular formula is C16H18O4. The van der Waals surface area contributed by atoms with Crippen LogP contribution >= 0.6 is 0 Å². The van der Waals surface area contributed by atoms with E-state index in [0.717, 1.165) is 11.3 Å². The third-order valence-electron chi connectivity index (χ3n) is 3.13. The molecule has 1 aliphatic rings. The molecular weight excluding hydrogens is 256 g/mol. The normalized spacial score (nSPS) is 25.5. The molecule has 1 aliphatic heterocycles. The molecule has 20 heavy (non-hydrogen) atoms. The van der Waals surface area contributed by atoms with Gasteiger partial charge >= 0.3 is 0 Å². The summed E-state index contributed by atoms with van der Waals surface area (Å²) in [6.07, 6.45) is 8.94. The second-order valence-electron chi connectivity index (χ2n) is 4.41. The van der Waals surface area contributed by atoms with E-state index in [2.05, 4.69) is 12.7 Å². The topological polar surface area (TPSA) is 36.9 Å². The highest BCUT2D eigenvalue weighted by molar-refractivity contribution is 5.28. The molecule has 0 aliphatic carbocycles. The van der Waals surface area contributed by atoms with Crippen LogP contribution in [-0.2, 0) is 14.2 Å². The average molecular weight is 274 g/mol. The van der Waals surface area contributed by atoms with Crippen LogP contribution in [0.4, 0.5) is 0 Å². The Morgan fingerprint density at radius 3 is 2.80 bits per heavy atom. The first-order valence-corrected chi connectivity index (χ1v) is 6.41. The standard InChI is InChI=1S/C16H18O4/c1-4-6-14-15(18-5-2)11-19-16(20-14)12-7-9-13(17-3)10-8-12/h2,4,7-10,14-16H,1,6,11H2,3H3/t14-,15+,16+/m1/s1. The molecule has 1 heterocycles. The number of rotatable bonds is 5. The highest BCUT2D eigenvalue weighted by atomic mass is 16.7. The Morgan fingerprint density at radius 1 is 1.45 bits per heavy atom. The van der Waals surface area contributed by atoms with Gasteiger partial charge in [0, 0.05) is 5.56 Å². The first-order chi connectivity index (χ1) is 9.78. The van der Waals surface area contributed by atoms with Crippen LogP contribution in [0.3, 0.4) is 0 Å². The quantitative estimate of drug-likeness (QED) is 0.611. The Labute approximate surface area is 119 Å². The number of ether oxygens (including phenoxy) is 4. The lowest BCUT2D eigenvalue weighted by atomic mass is 10.1. The molecule has 0 saturated carbocycles. The van der Waals surface area contributed by atoms with E-state index in [1.807, 2.05) is 24.3 Å². The summed E-state index contributed by atoms with van der Waals surface area (Å²) in [7, 11) is 1.63. The molecule has 106 valence electrons. The minimum Gasteiger partial charge on any atom is -0.497 e. The Balaban J connectivity index is 2.06. The zero-order valence-electron chi connectivity index (χ0n) is 11.5. The fourth-order valence-corrected chi connectivity index (χ4v) is 2.08. The van der Waals surface area contributed by atoms with E-state index < -0.39 is 6.29 Å². The molecule has 1 aromatic rings. The lowest BCUT2D eigenvalue weighted by Gasteiger charge is -2.34. The Bertz CT molecular complexity index is 474. The van der Waals surface area contributed by atoms with E-state index in [0.29, 0.717) is 13.0 Å². The lowest BCUT2D eigenvalue weighted by molar-refractivity contribution is -0.254. The van der Waals surface area contributed by atoms with Crippen molar-refractivity contribution in [3.05, 3.63) is 42.5 Å². The lowest BCUT2D eigenvalue weighted by Crippen LogP contribution is -2.41. The van der Waals surface area contributed by atoms with Gasteiger partial charge in [0.05, 0.1) is 13.7 Å².